The van der Waals surface area contributed by atoms with Gasteiger partial charge in [0.05, 0.1) is 70.5 Å². The van der Waals surface area contributed by atoms with Crippen molar-refractivity contribution >= 4 is 29.6 Å². The Balaban J connectivity index is 1.21. The fraction of sp³-hybridized carbons (Fsp3) is 0.899. The molecule has 23 N–H and O–H groups in total. The predicted molar refractivity (Wildman–Crippen MR) is 459 cm³/mol. The second kappa shape index (κ2) is 61.0. The maximum absolute atomic E-state index is 14.0. The minimum Gasteiger partial charge on any atom is -0.477 e. The van der Waals surface area contributed by atoms with E-state index in [0.717, 1.165) is 91.4 Å². The maximum atomic E-state index is 14.0. The number of carbonyl (C=O) groups excluding carboxylic acids is 4. The number of aliphatic hydroxyl groups is 18. The van der Waals surface area contributed by atoms with Crippen molar-refractivity contribution in [1.82, 2.24) is 21.3 Å². The van der Waals surface area contributed by atoms with E-state index in [1.54, 1.807) is 6.08 Å². The van der Waals surface area contributed by atoms with Gasteiger partial charge in [-0.15, -0.1) is 0 Å². The fourth-order valence-electron chi connectivity index (χ4n) is 17.3. The summed E-state index contributed by atoms with van der Waals surface area (Å²) >= 11 is 0. The van der Waals surface area contributed by atoms with E-state index >= 15 is 0 Å². The van der Waals surface area contributed by atoms with Gasteiger partial charge in [-0.1, -0.05) is 205 Å². The smallest absolute Gasteiger partial charge is 0.364 e. The van der Waals surface area contributed by atoms with Gasteiger partial charge in [-0.3, -0.25) is 19.2 Å². The summed E-state index contributed by atoms with van der Waals surface area (Å²) in [6.07, 6.45) is -14.6. The van der Waals surface area contributed by atoms with E-state index in [0.29, 0.717) is 12.8 Å². The summed E-state index contributed by atoms with van der Waals surface area (Å²) in [5, 5.41) is 225. The van der Waals surface area contributed by atoms with Crippen LogP contribution in [0.4, 0.5) is 0 Å². The first-order valence-corrected chi connectivity index (χ1v) is 47.2. The molecule has 6 rings (SSSR count). The summed E-state index contributed by atoms with van der Waals surface area (Å²) in [4.78, 5) is 66.2. The molecule has 6 fully saturated rings. The van der Waals surface area contributed by atoms with Gasteiger partial charge in [-0.2, -0.15) is 0 Å². The van der Waals surface area contributed by atoms with Gasteiger partial charge in [-0.25, -0.2) is 4.79 Å². The molecule has 6 heterocycles. The highest BCUT2D eigenvalue weighted by Crippen LogP contribution is 2.42. The van der Waals surface area contributed by atoms with Crippen LogP contribution >= 0.6 is 0 Å². The lowest BCUT2D eigenvalue weighted by atomic mass is 9.88. The normalized spacial score (nSPS) is 34.3. The molecule has 0 aromatic heterocycles. The number of hydrogen-bond acceptors (Lipinski definition) is 35. The third-order valence-electron chi connectivity index (χ3n) is 24.8. The van der Waals surface area contributed by atoms with Crippen molar-refractivity contribution in [3.63, 3.8) is 0 Å². The van der Waals surface area contributed by atoms with Crippen LogP contribution in [0.25, 0.3) is 0 Å². The molecule has 33 atom stereocenters. The van der Waals surface area contributed by atoms with E-state index in [4.69, 9.17) is 56.8 Å². The Hall–Kier alpha value is -4.37. The molecular formula is C89H158N4O36. The molecule has 40 nitrogen and oxygen atoms in total. The molecule has 6 aliphatic heterocycles. The zero-order chi connectivity index (χ0) is 94.7. The van der Waals surface area contributed by atoms with Gasteiger partial charge in [-0.05, 0) is 44.9 Å². The number of unbranched alkanes of at least 4 members (excludes halogenated alkanes) is 30. The van der Waals surface area contributed by atoms with Crippen LogP contribution in [0.15, 0.2) is 24.3 Å². The maximum Gasteiger partial charge on any atom is 0.364 e. The average molecular weight is 1860 g/mol. The van der Waals surface area contributed by atoms with Crippen LogP contribution in [0, 0.1) is 0 Å². The van der Waals surface area contributed by atoms with Crippen molar-refractivity contribution in [3.8, 4) is 0 Å². The van der Waals surface area contributed by atoms with Crippen molar-refractivity contribution in [2.24, 2.45) is 0 Å². The highest BCUT2D eigenvalue weighted by Gasteiger charge is 2.63. The Morgan fingerprint density at radius 1 is 0.403 bits per heavy atom. The lowest BCUT2D eigenvalue weighted by Gasteiger charge is -2.53. The standard InChI is InChI=1S/C89H158N4O36/c1-6-8-10-12-14-16-18-20-21-22-23-24-25-26-27-28-29-31-33-35-37-39-41-43-64(106)93-55(56(103)42-40-38-36-34-32-30-19-17-15-13-11-9-7-2)51-118-85-74(113)73(112)77(62(49-98)122-85)124-87-76(115)82(129-89(88(116)117)44-57(104)65(90-52(3)100)80(128-89)68(107)58(105)45-94)78(63(50-99)123-87)125-84-67(92-54(5)102)79(70(109)60(47-96)120-84)126-86-75(114)81(71(110)61(48-97)121-86)127-83-66(91-53(4)101)72(111)69(108)59(46-95)119-83/h20-21,40,42,55-63,65-87,94-99,103-105,107-115H,6-19,22-39,41,43-51H2,1-5H3,(H,90,100)(H,91,101)(H,92,102)(H,93,106)(H,116,117)/b21-20-,42-40+/t55-,56+,57?,58+,59?,60?,61?,62?,63?,65+,66?,67?,68+,69+,70-,71-,72+,73+,74?,75?,76?,77+,78-,79+,80?,81-,82+,83-,84-,85+,86-,87-,89-/m0/s1. The minimum absolute atomic E-state index is 0.109. The van der Waals surface area contributed by atoms with E-state index in [-0.39, 0.29) is 6.42 Å². The van der Waals surface area contributed by atoms with Crippen LogP contribution in [0.1, 0.15) is 259 Å². The first-order valence-electron chi connectivity index (χ1n) is 47.2. The van der Waals surface area contributed by atoms with Gasteiger partial charge in [0.2, 0.25) is 23.6 Å². The van der Waals surface area contributed by atoms with Crippen molar-refractivity contribution in [1.29, 1.82) is 0 Å². The van der Waals surface area contributed by atoms with Gasteiger partial charge in [0.15, 0.2) is 31.5 Å². The molecule has 129 heavy (non-hydrogen) atoms. The van der Waals surface area contributed by atoms with E-state index in [9.17, 15) is 121 Å². The van der Waals surface area contributed by atoms with Crippen molar-refractivity contribution in [2.75, 3.05) is 46.2 Å². The third kappa shape index (κ3) is 35.9. The zero-order valence-corrected chi connectivity index (χ0v) is 75.9. The van der Waals surface area contributed by atoms with E-state index < -0.39 is 284 Å². The number of aliphatic hydroxyl groups excluding tert-OH is 18. The third-order valence-corrected chi connectivity index (χ3v) is 24.8. The van der Waals surface area contributed by atoms with Gasteiger partial charge >= 0.3 is 5.97 Å². The Morgan fingerprint density at radius 2 is 0.791 bits per heavy atom. The molecule has 0 radical (unpaired) electrons. The Morgan fingerprint density at radius 3 is 1.27 bits per heavy atom. The number of amides is 4. The van der Waals surface area contributed by atoms with Gasteiger partial charge in [0.25, 0.3) is 5.79 Å². The summed E-state index contributed by atoms with van der Waals surface area (Å²) in [6, 6.07) is -6.71. The van der Waals surface area contributed by atoms with Crippen LogP contribution in [0.3, 0.4) is 0 Å². The molecule has 0 spiro atoms. The number of rotatable bonds is 63. The number of hydrogen-bond donors (Lipinski definition) is 23. The summed E-state index contributed by atoms with van der Waals surface area (Å²) in [5.74, 6) is -8.75. The largest absolute Gasteiger partial charge is 0.477 e. The van der Waals surface area contributed by atoms with Crippen molar-refractivity contribution < 1.29 is 178 Å². The summed E-state index contributed by atoms with van der Waals surface area (Å²) < 4.78 is 72.8. The summed E-state index contributed by atoms with van der Waals surface area (Å²) in [6.45, 7) is -0.0487. The lowest BCUT2D eigenvalue weighted by Crippen LogP contribution is -2.72. The SMILES string of the molecule is CCCCCCCC/C=C\CCCCCCCCCCCCCCCC(=O)N[C@@H](CO[C@@H]1OC(CO)[C@@H](O[C@@H]2OC(CO)[C@H](O[C@@H]3OC(CO)[C@H](O)[C@H](O[C@@H]4OC(CO)[C@H](O)[C@H](O[C@@H]5OC(CO)[C@@H](O)[C@H](O)C5NC(C)=O)C4O)C3NC(C)=O)[C@H](O[C@]3(C(=O)O)CC(O)[C@@H](NC(C)=O)C([C@H](O)[C@H](O)CO)O3)C2O)[C@H](O)C1O)[C@H](O)/C=C/CCCCCCCCCCCCC. The molecular weight excluding hydrogens is 1700 g/mol. The van der Waals surface area contributed by atoms with E-state index in [2.05, 4.69) is 47.3 Å². The van der Waals surface area contributed by atoms with E-state index in [1.807, 2.05) is 0 Å². The van der Waals surface area contributed by atoms with Gasteiger partial charge in [0.1, 0.15) is 140 Å². The number of ether oxygens (including phenoxy) is 12. The number of carboxylic acids is 1. The first kappa shape index (κ1) is 113. The summed E-state index contributed by atoms with van der Waals surface area (Å²) in [7, 11) is 0. The Kier molecular flexibility index (Phi) is 53.6. The molecule has 0 saturated carbocycles. The fourth-order valence-corrected chi connectivity index (χ4v) is 17.3. The van der Waals surface area contributed by atoms with E-state index in [1.165, 1.54) is 134 Å². The number of aliphatic carboxylic acids is 1. The number of allylic oxidation sites excluding steroid dienone is 3. The van der Waals surface area contributed by atoms with Crippen molar-refractivity contribution in [3.05, 3.63) is 24.3 Å². The lowest BCUT2D eigenvalue weighted by molar-refractivity contribution is -0.404. The minimum atomic E-state index is -3.45. The molecule has 6 saturated heterocycles. The monoisotopic (exact) mass is 1860 g/mol. The highest BCUT2D eigenvalue weighted by atomic mass is 16.8. The molecule has 40 heteroatoms. The molecule has 6 aliphatic rings. The van der Waals surface area contributed by atoms with Gasteiger partial charge < -0.3 is 175 Å². The Labute approximate surface area is 757 Å². The van der Waals surface area contributed by atoms with Crippen molar-refractivity contribution in [2.45, 2.75) is 461 Å². The topological polar surface area (TPSA) is 629 Å². The molecule has 750 valence electrons. The predicted octanol–water partition coefficient (Wildman–Crippen LogP) is -0.178. The van der Waals surface area contributed by atoms with Crippen LogP contribution in [-0.4, -0.2) is 375 Å². The Bertz CT molecular complexity index is 3160. The summed E-state index contributed by atoms with van der Waals surface area (Å²) in [5.41, 5.74) is 0. The van der Waals surface area contributed by atoms with Crippen LogP contribution in [0.5, 0.6) is 0 Å². The number of nitrogens with one attached hydrogen (secondary N) is 4. The van der Waals surface area contributed by atoms with Crippen LogP contribution < -0.4 is 21.3 Å². The molecule has 4 amide bonds. The van der Waals surface area contributed by atoms with Gasteiger partial charge in [0, 0.05) is 33.6 Å². The zero-order valence-electron chi connectivity index (χ0n) is 75.9. The second-order valence-corrected chi connectivity index (χ2v) is 35.3. The second-order valence-electron chi connectivity index (χ2n) is 35.3. The quantitative estimate of drug-likeness (QED) is 0.0277. The number of carbonyl (C=O) groups is 5. The first-order chi connectivity index (χ1) is 61.9. The molecule has 0 bridgehead atoms. The highest BCUT2D eigenvalue weighted by molar-refractivity contribution is 5.77. The van der Waals surface area contributed by atoms with Crippen LogP contribution in [-0.2, 0) is 80.8 Å². The molecule has 0 aromatic rings. The average Bonchev–Trinajstić information content (AvgIpc) is 0.739. The number of carboxylic acid groups (broad SMARTS) is 1. The molecule has 12 unspecified atom stereocenters. The molecule has 0 aliphatic carbocycles. The molecule has 0 aromatic carbocycles. The van der Waals surface area contributed by atoms with Crippen LogP contribution in [0.2, 0.25) is 0 Å².